The summed E-state index contributed by atoms with van der Waals surface area (Å²) in [5.41, 5.74) is 0.607. The fraction of sp³-hybridized carbons (Fsp3) is 0.529. The molecule has 1 aliphatic carbocycles. The molecule has 23 heavy (non-hydrogen) atoms. The number of esters is 1. The van der Waals surface area contributed by atoms with E-state index in [1.165, 1.54) is 13.5 Å². The normalized spacial score (nSPS) is 26.7. The van der Waals surface area contributed by atoms with E-state index < -0.39 is 6.04 Å². The predicted molar refractivity (Wildman–Crippen MR) is 96.5 cm³/mol. The number of methoxy groups -OCH3 is 1. The first-order valence-electron chi connectivity index (χ1n) is 7.88. The van der Waals surface area contributed by atoms with E-state index >= 15 is 0 Å². The van der Waals surface area contributed by atoms with Crippen LogP contribution in [0.3, 0.4) is 0 Å². The fourth-order valence-corrected chi connectivity index (χ4v) is 5.00. The van der Waals surface area contributed by atoms with Gasteiger partial charge in [-0.3, -0.25) is 4.79 Å². The highest BCUT2D eigenvalue weighted by Crippen LogP contribution is 2.41. The summed E-state index contributed by atoms with van der Waals surface area (Å²) < 4.78 is 5.76. The highest BCUT2D eigenvalue weighted by atomic mass is 127. The van der Waals surface area contributed by atoms with Gasteiger partial charge in [-0.05, 0) is 66.0 Å². The highest BCUT2D eigenvalue weighted by molar-refractivity contribution is 14.1. The van der Waals surface area contributed by atoms with Crippen LogP contribution in [0.1, 0.15) is 42.5 Å². The molecule has 0 N–H and O–H groups in total. The van der Waals surface area contributed by atoms with E-state index in [0.717, 1.165) is 22.8 Å². The van der Waals surface area contributed by atoms with Crippen LogP contribution in [0.25, 0.3) is 0 Å². The van der Waals surface area contributed by atoms with Crippen molar-refractivity contribution >= 4 is 46.1 Å². The first-order valence-corrected chi connectivity index (χ1v) is 9.34. The Balaban J connectivity index is 1.95. The maximum Gasteiger partial charge on any atom is 0.328 e. The Labute approximate surface area is 154 Å². The smallest absolute Gasteiger partial charge is 0.328 e. The van der Waals surface area contributed by atoms with Crippen molar-refractivity contribution in [1.82, 2.24) is 4.90 Å². The molecular weight excluding hydrogens is 429 g/mol. The van der Waals surface area contributed by atoms with Gasteiger partial charge < -0.3 is 9.64 Å². The van der Waals surface area contributed by atoms with Gasteiger partial charge in [-0.25, -0.2) is 4.79 Å². The molecule has 1 saturated heterocycles. The molecule has 0 bridgehead atoms. The number of benzene rings is 1. The largest absolute Gasteiger partial charge is 0.467 e. The van der Waals surface area contributed by atoms with Gasteiger partial charge in [0.25, 0.3) is 5.91 Å². The molecule has 2 aliphatic rings. The van der Waals surface area contributed by atoms with Gasteiger partial charge >= 0.3 is 5.97 Å². The van der Waals surface area contributed by atoms with E-state index in [1.807, 2.05) is 0 Å². The Bertz CT molecular complexity index is 636. The lowest BCUT2D eigenvalue weighted by molar-refractivity contribution is -0.145. The topological polar surface area (TPSA) is 46.6 Å². The molecule has 1 aliphatic heterocycles. The van der Waals surface area contributed by atoms with E-state index in [4.69, 9.17) is 16.3 Å². The van der Waals surface area contributed by atoms with Crippen LogP contribution in [0.5, 0.6) is 0 Å². The minimum absolute atomic E-state index is 0.0872. The Morgan fingerprint density at radius 1 is 1.30 bits per heavy atom. The number of hydrogen-bond donors (Lipinski definition) is 0. The molecule has 1 aromatic carbocycles. The molecule has 3 atom stereocenters. The summed E-state index contributed by atoms with van der Waals surface area (Å²) in [6, 6.07) is 4.92. The van der Waals surface area contributed by atoms with Gasteiger partial charge in [0.1, 0.15) is 6.04 Å². The number of fused-ring (bicyclic) bond motifs is 1. The Hall–Kier alpha value is -0.820. The van der Waals surface area contributed by atoms with Crippen molar-refractivity contribution in [3.63, 3.8) is 0 Å². The first-order chi connectivity index (χ1) is 11.0. The van der Waals surface area contributed by atoms with E-state index in [-0.39, 0.29) is 17.9 Å². The van der Waals surface area contributed by atoms with Gasteiger partial charge in [-0.15, -0.1) is 0 Å². The van der Waals surface area contributed by atoms with E-state index in [1.54, 1.807) is 23.1 Å². The van der Waals surface area contributed by atoms with Gasteiger partial charge in [0, 0.05) is 14.6 Å². The van der Waals surface area contributed by atoms with Crippen molar-refractivity contribution in [2.75, 3.05) is 7.11 Å². The molecule has 0 aromatic heterocycles. The average molecular weight is 448 g/mol. The van der Waals surface area contributed by atoms with Crippen molar-refractivity contribution in [2.24, 2.45) is 5.92 Å². The number of carbonyl (C=O) groups excluding carboxylic acids is 2. The number of halogens is 2. The van der Waals surface area contributed by atoms with Crippen LogP contribution in [-0.2, 0) is 9.53 Å². The number of nitrogens with zero attached hydrogens (tertiary/aromatic N) is 1. The quantitative estimate of drug-likeness (QED) is 0.510. The standard InChI is InChI=1S/C17H19ClINO3/c1-23-17(22)15-8-10-4-2-3-5-14(10)20(15)16(21)12-7-6-11(18)9-13(12)19/h6-7,9-10,14-15H,2-5,8H2,1H3. The number of ether oxygens (including phenoxy) is 1. The van der Waals surface area contributed by atoms with Crippen LogP contribution < -0.4 is 0 Å². The summed E-state index contributed by atoms with van der Waals surface area (Å²) in [6.45, 7) is 0. The number of likely N-dealkylation sites (tertiary alicyclic amines) is 1. The van der Waals surface area contributed by atoms with Crippen LogP contribution >= 0.6 is 34.2 Å². The fourth-order valence-electron chi connectivity index (χ4n) is 3.90. The highest BCUT2D eigenvalue weighted by Gasteiger charge is 2.48. The SMILES string of the molecule is COC(=O)C1CC2CCCCC2N1C(=O)c1ccc(Cl)cc1I. The first kappa shape index (κ1) is 17.0. The number of rotatable bonds is 2. The molecule has 3 unspecified atom stereocenters. The second kappa shape index (κ2) is 6.97. The third-order valence-electron chi connectivity index (χ3n) is 4.96. The average Bonchev–Trinajstić information content (AvgIpc) is 2.93. The maximum absolute atomic E-state index is 13.1. The van der Waals surface area contributed by atoms with Gasteiger partial charge in [-0.2, -0.15) is 0 Å². The van der Waals surface area contributed by atoms with Crippen molar-refractivity contribution in [3.05, 3.63) is 32.4 Å². The van der Waals surface area contributed by atoms with Crippen LogP contribution in [0.4, 0.5) is 0 Å². The van der Waals surface area contributed by atoms with Gasteiger partial charge in [-0.1, -0.05) is 24.4 Å². The molecule has 1 saturated carbocycles. The van der Waals surface area contributed by atoms with E-state index in [2.05, 4.69) is 22.6 Å². The molecule has 3 rings (SSSR count). The van der Waals surface area contributed by atoms with E-state index in [9.17, 15) is 9.59 Å². The Kier molecular flexibility index (Phi) is 5.16. The second-order valence-corrected chi connectivity index (χ2v) is 7.82. The lowest BCUT2D eigenvalue weighted by Gasteiger charge is -2.33. The van der Waals surface area contributed by atoms with Crippen molar-refractivity contribution < 1.29 is 14.3 Å². The lowest BCUT2D eigenvalue weighted by atomic mass is 9.84. The van der Waals surface area contributed by atoms with Crippen LogP contribution in [-0.4, -0.2) is 36.0 Å². The molecule has 6 heteroatoms. The molecule has 1 aromatic rings. The summed E-state index contributed by atoms with van der Waals surface area (Å²) in [7, 11) is 1.39. The molecule has 1 amide bonds. The van der Waals surface area contributed by atoms with Crippen LogP contribution in [0, 0.1) is 9.49 Å². The molecule has 0 spiro atoms. The molecule has 1 heterocycles. The zero-order valence-corrected chi connectivity index (χ0v) is 15.8. The van der Waals surface area contributed by atoms with E-state index in [0.29, 0.717) is 22.9 Å². The summed E-state index contributed by atoms with van der Waals surface area (Å²) in [6.07, 6.45) is 5.05. The van der Waals surface area contributed by atoms with Crippen molar-refractivity contribution in [3.8, 4) is 0 Å². The molecule has 0 radical (unpaired) electrons. The Morgan fingerprint density at radius 3 is 2.74 bits per heavy atom. The molecule has 2 fully saturated rings. The molecular formula is C17H19ClINO3. The summed E-state index contributed by atoms with van der Waals surface area (Å²) in [5.74, 6) is 0.00866. The minimum Gasteiger partial charge on any atom is -0.467 e. The summed E-state index contributed by atoms with van der Waals surface area (Å²) >= 11 is 8.11. The number of carbonyl (C=O) groups is 2. The third kappa shape index (κ3) is 3.22. The maximum atomic E-state index is 13.1. The van der Waals surface area contributed by atoms with Crippen molar-refractivity contribution in [2.45, 2.75) is 44.2 Å². The molecule has 4 nitrogen and oxygen atoms in total. The lowest BCUT2D eigenvalue weighted by Crippen LogP contribution is -2.46. The zero-order valence-electron chi connectivity index (χ0n) is 12.9. The number of amides is 1. The Morgan fingerprint density at radius 2 is 2.04 bits per heavy atom. The van der Waals surface area contributed by atoms with Gasteiger partial charge in [0.2, 0.25) is 0 Å². The minimum atomic E-state index is -0.466. The molecule has 124 valence electrons. The predicted octanol–water partition coefficient (Wildman–Crippen LogP) is 3.89. The summed E-state index contributed by atoms with van der Waals surface area (Å²) in [5, 5.41) is 0.604. The summed E-state index contributed by atoms with van der Waals surface area (Å²) in [4.78, 5) is 27.1. The van der Waals surface area contributed by atoms with Gasteiger partial charge in [0.05, 0.1) is 12.7 Å². The number of hydrogen-bond acceptors (Lipinski definition) is 3. The second-order valence-electron chi connectivity index (χ2n) is 6.22. The zero-order chi connectivity index (χ0) is 16.6. The monoisotopic (exact) mass is 447 g/mol. The van der Waals surface area contributed by atoms with Crippen LogP contribution in [0.2, 0.25) is 5.02 Å². The van der Waals surface area contributed by atoms with Gasteiger partial charge in [0.15, 0.2) is 0 Å². The van der Waals surface area contributed by atoms with Crippen LogP contribution in [0.15, 0.2) is 18.2 Å². The van der Waals surface area contributed by atoms with Crippen molar-refractivity contribution in [1.29, 1.82) is 0 Å². The third-order valence-corrected chi connectivity index (χ3v) is 6.08.